The summed E-state index contributed by atoms with van der Waals surface area (Å²) in [5, 5.41) is 11.9. The zero-order valence-electron chi connectivity index (χ0n) is 14.1. The molecule has 130 valence electrons. The average molecular weight is 340 g/mol. The van der Waals surface area contributed by atoms with Crippen molar-refractivity contribution < 1.29 is 14.3 Å². The number of morpholine rings is 1. The Morgan fingerprint density at radius 2 is 2.28 bits per heavy atom. The van der Waals surface area contributed by atoms with Crippen LogP contribution in [-0.2, 0) is 14.3 Å². The lowest BCUT2D eigenvalue weighted by Crippen LogP contribution is -2.68. The van der Waals surface area contributed by atoms with E-state index in [1.54, 1.807) is 12.3 Å². The van der Waals surface area contributed by atoms with Crippen LogP contribution in [0.15, 0.2) is 30.1 Å². The third-order valence-corrected chi connectivity index (χ3v) is 5.36. The van der Waals surface area contributed by atoms with Gasteiger partial charge in [0.15, 0.2) is 0 Å². The minimum absolute atomic E-state index is 0.0385. The number of carbonyl (C=O) groups excluding carboxylic acids is 1. The largest absolute Gasteiger partial charge is 0.375 e. The zero-order chi connectivity index (χ0) is 17.4. The van der Waals surface area contributed by atoms with Gasteiger partial charge in [-0.15, -0.1) is 0 Å². The second-order valence-electron chi connectivity index (χ2n) is 6.73. The van der Waals surface area contributed by atoms with Crippen molar-refractivity contribution in [2.24, 2.45) is 0 Å². The number of ether oxygens (including phenoxy) is 2. The Balaban J connectivity index is 1.61. The van der Waals surface area contributed by atoms with Crippen molar-refractivity contribution in [3.05, 3.63) is 41.4 Å². The predicted octanol–water partition coefficient (Wildman–Crippen LogP) is 0.540. The summed E-state index contributed by atoms with van der Waals surface area (Å²) in [6.45, 7) is 5.03. The molecular formula is C18H20N4O3. The SMILES string of the molecule is CC1N(C2=CC(c3ccc(C#N)nc3)CNC2=O)CCOC12COC2. The van der Waals surface area contributed by atoms with Gasteiger partial charge in [0, 0.05) is 25.2 Å². The summed E-state index contributed by atoms with van der Waals surface area (Å²) in [4.78, 5) is 18.7. The van der Waals surface area contributed by atoms with E-state index in [-0.39, 0.29) is 23.5 Å². The van der Waals surface area contributed by atoms with Gasteiger partial charge in [0.25, 0.3) is 5.91 Å². The fraction of sp³-hybridized carbons (Fsp3) is 0.500. The Morgan fingerprint density at radius 1 is 1.44 bits per heavy atom. The van der Waals surface area contributed by atoms with E-state index in [2.05, 4.69) is 22.1 Å². The first-order valence-electron chi connectivity index (χ1n) is 8.47. The van der Waals surface area contributed by atoms with Gasteiger partial charge in [0.1, 0.15) is 17.4 Å². The highest BCUT2D eigenvalue weighted by molar-refractivity contribution is 5.94. The van der Waals surface area contributed by atoms with E-state index in [9.17, 15) is 4.79 Å². The van der Waals surface area contributed by atoms with Gasteiger partial charge in [0.2, 0.25) is 0 Å². The molecule has 2 saturated heterocycles. The highest BCUT2D eigenvalue weighted by atomic mass is 16.6. The van der Waals surface area contributed by atoms with E-state index in [0.717, 1.165) is 5.56 Å². The minimum atomic E-state index is -0.303. The second-order valence-corrected chi connectivity index (χ2v) is 6.73. The molecule has 2 unspecified atom stereocenters. The maximum Gasteiger partial charge on any atom is 0.267 e. The Labute approximate surface area is 146 Å². The van der Waals surface area contributed by atoms with Gasteiger partial charge in [-0.25, -0.2) is 4.98 Å². The van der Waals surface area contributed by atoms with Crippen LogP contribution in [0.25, 0.3) is 0 Å². The molecule has 1 spiro atoms. The lowest BCUT2D eigenvalue weighted by Gasteiger charge is -2.53. The summed E-state index contributed by atoms with van der Waals surface area (Å²) in [7, 11) is 0. The van der Waals surface area contributed by atoms with Gasteiger partial charge in [-0.1, -0.05) is 6.07 Å². The molecule has 1 amide bonds. The molecule has 1 aromatic rings. The summed E-state index contributed by atoms with van der Waals surface area (Å²) in [5.74, 6) is -0.0152. The maximum absolute atomic E-state index is 12.5. The quantitative estimate of drug-likeness (QED) is 0.845. The van der Waals surface area contributed by atoms with Crippen LogP contribution in [0.2, 0.25) is 0 Å². The summed E-state index contributed by atoms with van der Waals surface area (Å²) in [5.41, 5.74) is 1.76. The van der Waals surface area contributed by atoms with Gasteiger partial charge in [0.05, 0.1) is 31.6 Å². The number of nitrogens with one attached hydrogen (secondary N) is 1. The second kappa shape index (κ2) is 6.14. The fourth-order valence-corrected chi connectivity index (χ4v) is 3.65. The number of pyridine rings is 1. The first kappa shape index (κ1) is 16.1. The number of amides is 1. The third-order valence-electron chi connectivity index (χ3n) is 5.36. The third kappa shape index (κ3) is 2.68. The summed E-state index contributed by atoms with van der Waals surface area (Å²) >= 11 is 0. The van der Waals surface area contributed by atoms with Crippen molar-refractivity contribution >= 4 is 5.91 Å². The van der Waals surface area contributed by atoms with Crippen molar-refractivity contribution in [3.8, 4) is 6.07 Å². The first-order valence-corrected chi connectivity index (χ1v) is 8.47. The van der Waals surface area contributed by atoms with Gasteiger partial charge >= 0.3 is 0 Å². The molecule has 2 fully saturated rings. The molecule has 4 rings (SSSR count). The van der Waals surface area contributed by atoms with Crippen molar-refractivity contribution in [1.82, 2.24) is 15.2 Å². The Morgan fingerprint density at radius 3 is 2.92 bits per heavy atom. The fourth-order valence-electron chi connectivity index (χ4n) is 3.65. The average Bonchev–Trinajstić information content (AvgIpc) is 2.61. The van der Waals surface area contributed by atoms with E-state index in [4.69, 9.17) is 14.7 Å². The van der Waals surface area contributed by atoms with Crippen LogP contribution in [0.1, 0.15) is 24.1 Å². The van der Waals surface area contributed by atoms with E-state index < -0.39 is 0 Å². The predicted molar refractivity (Wildman–Crippen MR) is 88.5 cm³/mol. The highest BCUT2D eigenvalue weighted by Crippen LogP contribution is 2.35. The van der Waals surface area contributed by atoms with Crippen LogP contribution in [0.5, 0.6) is 0 Å². The van der Waals surface area contributed by atoms with Crippen LogP contribution in [0.4, 0.5) is 0 Å². The molecule has 3 aliphatic heterocycles. The minimum Gasteiger partial charge on any atom is -0.375 e. The first-order chi connectivity index (χ1) is 12.1. The summed E-state index contributed by atoms with van der Waals surface area (Å²) in [6.07, 6.45) is 3.72. The molecule has 0 aliphatic carbocycles. The van der Waals surface area contributed by atoms with Crippen LogP contribution < -0.4 is 5.32 Å². The molecule has 7 nitrogen and oxygen atoms in total. The summed E-state index contributed by atoms with van der Waals surface area (Å²) < 4.78 is 11.3. The molecule has 3 aliphatic rings. The highest BCUT2D eigenvalue weighted by Gasteiger charge is 2.50. The van der Waals surface area contributed by atoms with E-state index in [1.165, 1.54) is 0 Å². The lowest BCUT2D eigenvalue weighted by molar-refractivity contribution is -0.255. The summed E-state index contributed by atoms with van der Waals surface area (Å²) in [6, 6.07) is 5.70. The Hall–Kier alpha value is -2.43. The van der Waals surface area contributed by atoms with E-state index >= 15 is 0 Å². The normalized spacial score (nSPS) is 27.9. The van der Waals surface area contributed by atoms with Gasteiger partial charge < -0.3 is 19.7 Å². The number of rotatable bonds is 2. The molecule has 4 heterocycles. The van der Waals surface area contributed by atoms with Crippen molar-refractivity contribution in [2.75, 3.05) is 32.9 Å². The van der Waals surface area contributed by atoms with E-state index in [1.807, 2.05) is 18.2 Å². The Kier molecular flexibility index (Phi) is 3.94. The van der Waals surface area contributed by atoms with Gasteiger partial charge in [-0.3, -0.25) is 4.79 Å². The molecule has 0 aromatic carbocycles. The topological polar surface area (TPSA) is 87.5 Å². The molecule has 25 heavy (non-hydrogen) atoms. The molecule has 1 aromatic heterocycles. The standard InChI is InChI=1S/C18H20N4O3/c1-12-18(10-24-11-18)25-5-4-22(12)16-6-14(9-21-17(16)23)13-2-3-15(7-19)20-8-13/h2-3,6,8,12,14H,4-5,9-11H2,1H3,(H,21,23). The molecular weight excluding hydrogens is 320 g/mol. The number of hydrogen-bond acceptors (Lipinski definition) is 6. The monoisotopic (exact) mass is 340 g/mol. The molecule has 7 heteroatoms. The molecule has 2 atom stereocenters. The maximum atomic E-state index is 12.5. The Bertz CT molecular complexity index is 749. The van der Waals surface area contributed by atoms with Crippen LogP contribution >= 0.6 is 0 Å². The van der Waals surface area contributed by atoms with Gasteiger partial charge in [-0.2, -0.15) is 5.26 Å². The number of carbonyl (C=O) groups is 1. The van der Waals surface area contributed by atoms with Crippen molar-refractivity contribution in [3.63, 3.8) is 0 Å². The number of hydrogen-bond donors (Lipinski definition) is 1. The lowest BCUT2D eigenvalue weighted by atomic mass is 9.88. The molecule has 0 bridgehead atoms. The van der Waals surface area contributed by atoms with Crippen molar-refractivity contribution in [1.29, 1.82) is 5.26 Å². The zero-order valence-corrected chi connectivity index (χ0v) is 14.1. The number of nitrogens with zero attached hydrogens (tertiary/aromatic N) is 3. The van der Waals surface area contributed by atoms with Crippen LogP contribution in [0, 0.1) is 11.3 Å². The molecule has 1 N–H and O–H groups in total. The van der Waals surface area contributed by atoms with Crippen molar-refractivity contribution in [2.45, 2.75) is 24.5 Å². The smallest absolute Gasteiger partial charge is 0.267 e. The van der Waals surface area contributed by atoms with Crippen LogP contribution in [-0.4, -0.2) is 60.3 Å². The van der Waals surface area contributed by atoms with E-state index in [0.29, 0.717) is 44.3 Å². The molecule has 0 radical (unpaired) electrons. The molecule has 0 saturated carbocycles. The van der Waals surface area contributed by atoms with Gasteiger partial charge in [-0.05, 0) is 24.6 Å². The number of aromatic nitrogens is 1. The van der Waals surface area contributed by atoms with Crippen LogP contribution in [0.3, 0.4) is 0 Å². The number of nitriles is 1.